The van der Waals surface area contributed by atoms with Crippen molar-refractivity contribution in [2.24, 2.45) is 0 Å². The van der Waals surface area contributed by atoms with E-state index in [1.807, 2.05) is 42.5 Å². The molecule has 0 aliphatic rings. The summed E-state index contributed by atoms with van der Waals surface area (Å²) in [7, 11) is 3.09. The van der Waals surface area contributed by atoms with Crippen LogP contribution in [0.5, 0.6) is 11.5 Å². The van der Waals surface area contributed by atoms with E-state index in [0.29, 0.717) is 28.4 Å². The molecule has 0 atom stereocenters. The summed E-state index contributed by atoms with van der Waals surface area (Å²) in [4.78, 5) is 43.0. The molecule has 0 saturated heterocycles. The molecule has 44 heavy (non-hydrogen) atoms. The van der Waals surface area contributed by atoms with E-state index in [0.717, 1.165) is 21.4 Å². The number of carbonyl (C=O) groups is 3. The van der Waals surface area contributed by atoms with Crippen molar-refractivity contribution in [3.63, 3.8) is 0 Å². The van der Waals surface area contributed by atoms with Crippen LogP contribution in [0.3, 0.4) is 0 Å². The van der Waals surface area contributed by atoms with Gasteiger partial charge in [-0.1, -0.05) is 36.4 Å². The number of fused-ring (bicyclic) bond motifs is 1. The second kappa shape index (κ2) is 14.1. The fraction of sp³-hybridized carbons (Fsp3) is 0.0882. The zero-order valence-corrected chi connectivity index (χ0v) is 24.9. The van der Waals surface area contributed by atoms with Crippen LogP contribution in [-0.2, 0) is 9.59 Å². The molecule has 1 heterocycles. The van der Waals surface area contributed by atoms with Crippen LogP contribution >= 0.6 is 11.8 Å². The van der Waals surface area contributed by atoms with Crippen molar-refractivity contribution < 1.29 is 23.9 Å². The summed E-state index contributed by atoms with van der Waals surface area (Å²) >= 11 is 1.35. The van der Waals surface area contributed by atoms with Crippen molar-refractivity contribution in [3.8, 4) is 11.5 Å². The quantitative estimate of drug-likeness (QED) is 0.103. The maximum atomic E-state index is 13.4. The van der Waals surface area contributed by atoms with Crippen LogP contribution < -0.4 is 25.4 Å². The molecule has 0 radical (unpaired) electrons. The molecule has 4 N–H and O–H groups in total. The third kappa shape index (κ3) is 7.67. The molecule has 5 aromatic rings. The second-order valence-electron chi connectivity index (χ2n) is 9.58. The van der Waals surface area contributed by atoms with E-state index in [9.17, 15) is 14.4 Å². The van der Waals surface area contributed by atoms with E-state index in [1.165, 1.54) is 11.8 Å². The largest absolute Gasteiger partial charge is 0.497 e. The number of para-hydroxylation sites is 1. The summed E-state index contributed by atoms with van der Waals surface area (Å²) in [5.41, 5.74) is 3.30. The molecule has 222 valence electrons. The van der Waals surface area contributed by atoms with E-state index in [1.54, 1.807) is 81.1 Å². The standard InChI is InChI=1S/C34H30N4O5S/c1-42-26-17-25(18-27(19-26)43-2)36-32(39)21-44-28-14-12-24(13-15-28)37-34(41)31(38-33(40)22-8-4-3-5-9-22)16-23-20-35-30-11-7-6-10-29(23)30/h3-20,35H,21H2,1-2H3,(H,36,39)(H,37,41)(H,38,40). The number of thioether (sulfide) groups is 1. The lowest BCUT2D eigenvalue weighted by molar-refractivity contribution is -0.114. The highest BCUT2D eigenvalue weighted by Crippen LogP contribution is 2.27. The molecule has 0 bridgehead atoms. The summed E-state index contributed by atoms with van der Waals surface area (Å²) in [5.74, 6) is 0.253. The number of benzene rings is 4. The molecule has 9 nitrogen and oxygen atoms in total. The van der Waals surface area contributed by atoms with Crippen molar-refractivity contribution in [2.75, 3.05) is 30.6 Å². The topological polar surface area (TPSA) is 122 Å². The summed E-state index contributed by atoms with van der Waals surface area (Å²) in [6.07, 6.45) is 3.44. The monoisotopic (exact) mass is 606 g/mol. The van der Waals surface area contributed by atoms with Gasteiger partial charge in [0.05, 0.1) is 20.0 Å². The highest BCUT2D eigenvalue weighted by atomic mass is 32.2. The number of ether oxygens (including phenoxy) is 2. The Morgan fingerprint density at radius 3 is 2.18 bits per heavy atom. The third-order valence-corrected chi connectivity index (χ3v) is 7.58. The van der Waals surface area contributed by atoms with Crippen molar-refractivity contribution >= 4 is 57.8 Å². The number of amides is 3. The smallest absolute Gasteiger partial charge is 0.272 e. The first-order chi connectivity index (χ1) is 21.4. The first-order valence-corrected chi connectivity index (χ1v) is 14.6. The number of aromatic amines is 1. The number of carbonyl (C=O) groups excluding carboxylic acids is 3. The Morgan fingerprint density at radius 1 is 0.795 bits per heavy atom. The zero-order valence-electron chi connectivity index (χ0n) is 24.0. The third-order valence-electron chi connectivity index (χ3n) is 6.57. The number of rotatable bonds is 11. The van der Waals surface area contributed by atoms with Gasteiger partial charge in [-0.15, -0.1) is 11.8 Å². The normalized spacial score (nSPS) is 11.1. The number of anilines is 2. The minimum Gasteiger partial charge on any atom is -0.497 e. The Balaban J connectivity index is 1.25. The molecular weight excluding hydrogens is 576 g/mol. The highest BCUT2D eigenvalue weighted by Gasteiger charge is 2.16. The summed E-state index contributed by atoms with van der Waals surface area (Å²) in [5, 5.41) is 9.40. The van der Waals surface area contributed by atoms with Gasteiger partial charge in [-0.05, 0) is 48.5 Å². The molecule has 10 heteroatoms. The van der Waals surface area contributed by atoms with Gasteiger partial charge in [0.15, 0.2) is 0 Å². The Kier molecular flexibility index (Phi) is 9.63. The Morgan fingerprint density at radius 2 is 1.48 bits per heavy atom. The molecule has 0 fully saturated rings. The van der Waals surface area contributed by atoms with Gasteiger partial charge in [0.25, 0.3) is 11.8 Å². The predicted octanol–water partition coefficient (Wildman–Crippen LogP) is 6.33. The number of aromatic nitrogens is 1. The van der Waals surface area contributed by atoms with Gasteiger partial charge in [0.1, 0.15) is 17.2 Å². The van der Waals surface area contributed by atoms with E-state index in [2.05, 4.69) is 20.9 Å². The molecule has 3 amide bonds. The van der Waals surface area contributed by atoms with Crippen LogP contribution in [0.2, 0.25) is 0 Å². The zero-order chi connectivity index (χ0) is 30.9. The van der Waals surface area contributed by atoms with Crippen LogP contribution in [-0.4, -0.2) is 42.7 Å². The summed E-state index contributed by atoms with van der Waals surface area (Å²) < 4.78 is 10.5. The number of methoxy groups -OCH3 is 2. The molecule has 0 aliphatic heterocycles. The maximum absolute atomic E-state index is 13.4. The lowest BCUT2D eigenvalue weighted by atomic mass is 10.1. The molecule has 0 unspecified atom stereocenters. The number of nitrogens with one attached hydrogen (secondary N) is 4. The van der Waals surface area contributed by atoms with Crippen molar-refractivity contribution in [3.05, 3.63) is 120 Å². The number of H-pyrrole nitrogens is 1. The highest BCUT2D eigenvalue weighted by molar-refractivity contribution is 8.00. The van der Waals surface area contributed by atoms with Crippen LogP contribution in [0, 0.1) is 0 Å². The number of hydrogen-bond acceptors (Lipinski definition) is 6. The molecule has 1 aromatic heterocycles. The van der Waals surface area contributed by atoms with E-state index in [4.69, 9.17) is 9.47 Å². The van der Waals surface area contributed by atoms with Gasteiger partial charge >= 0.3 is 0 Å². The van der Waals surface area contributed by atoms with Crippen molar-refractivity contribution in [2.45, 2.75) is 4.90 Å². The van der Waals surface area contributed by atoms with Gasteiger partial charge in [-0.3, -0.25) is 14.4 Å². The van der Waals surface area contributed by atoms with Gasteiger partial charge in [-0.2, -0.15) is 0 Å². The fourth-order valence-electron chi connectivity index (χ4n) is 4.37. The van der Waals surface area contributed by atoms with Gasteiger partial charge in [-0.25, -0.2) is 0 Å². The van der Waals surface area contributed by atoms with Gasteiger partial charge in [0, 0.05) is 62.7 Å². The first kappa shape index (κ1) is 30.0. The molecular formula is C34H30N4O5S. The minimum atomic E-state index is -0.479. The summed E-state index contributed by atoms with van der Waals surface area (Å²) in [6.45, 7) is 0. The Hall–Kier alpha value is -5.48. The SMILES string of the molecule is COc1cc(NC(=O)CSc2ccc(NC(=O)C(=Cc3c[nH]c4ccccc34)NC(=O)c3ccccc3)cc2)cc(OC)c1. The molecule has 5 rings (SSSR count). The maximum Gasteiger partial charge on any atom is 0.272 e. The van der Waals surface area contributed by atoms with Crippen LogP contribution in [0.15, 0.2) is 114 Å². The molecule has 0 spiro atoms. The van der Waals surface area contributed by atoms with Crippen molar-refractivity contribution in [1.82, 2.24) is 10.3 Å². The van der Waals surface area contributed by atoms with Crippen LogP contribution in [0.25, 0.3) is 17.0 Å². The fourth-order valence-corrected chi connectivity index (χ4v) is 5.07. The van der Waals surface area contributed by atoms with E-state index < -0.39 is 11.8 Å². The molecule has 4 aromatic carbocycles. The average Bonchev–Trinajstić information content (AvgIpc) is 3.46. The minimum absolute atomic E-state index is 0.0906. The van der Waals surface area contributed by atoms with Gasteiger partial charge < -0.3 is 30.4 Å². The number of hydrogen-bond donors (Lipinski definition) is 4. The lowest BCUT2D eigenvalue weighted by Gasteiger charge is -2.12. The first-order valence-electron chi connectivity index (χ1n) is 13.6. The predicted molar refractivity (Wildman–Crippen MR) is 174 cm³/mol. The molecule has 0 saturated carbocycles. The van der Waals surface area contributed by atoms with E-state index in [-0.39, 0.29) is 17.4 Å². The second-order valence-corrected chi connectivity index (χ2v) is 10.6. The summed E-state index contributed by atoms with van der Waals surface area (Å²) in [6, 6.07) is 28.7. The van der Waals surface area contributed by atoms with Gasteiger partial charge in [0.2, 0.25) is 5.91 Å². The molecule has 0 aliphatic carbocycles. The van der Waals surface area contributed by atoms with E-state index >= 15 is 0 Å². The Labute approximate surface area is 258 Å². The average molecular weight is 607 g/mol. The van der Waals surface area contributed by atoms with Crippen LogP contribution in [0.4, 0.5) is 11.4 Å². The van der Waals surface area contributed by atoms with Crippen molar-refractivity contribution in [1.29, 1.82) is 0 Å². The lowest BCUT2D eigenvalue weighted by Crippen LogP contribution is -2.30. The Bertz CT molecular complexity index is 1790. The van der Waals surface area contributed by atoms with Crippen LogP contribution in [0.1, 0.15) is 15.9 Å².